The summed E-state index contributed by atoms with van der Waals surface area (Å²) < 4.78 is 13.0. The highest BCUT2D eigenvalue weighted by molar-refractivity contribution is 5.84. The van der Waals surface area contributed by atoms with Gasteiger partial charge in [0.15, 0.2) is 0 Å². The Hall–Kier alpha value is -3.10. The molecular weight excluding hydrogens is 368 g/mol. The van der Waals surface area contributed by atoms with E-state index in [9.17, 15) is 0 Å². The summed E-state index contributed by atoms with van der Waals surface area (Å²) in [6.07, 6.45) is 2.39. The van der Waals surface area contributed by atoms with E-state index in [0.29, 0.717) is 5.92 Å². The lowest BCUT2D eigenvalue weighted by atomic mass is 9.91. The number of furan rings is 1. The summed E-state index contributed by atoms with van der Waals surface area (Å²) in [5, 5.41) is 0. The molecule has 0 saturated heterocycles. The molecule has 0 aliphatic heterocycles. The third-order valence-corrected chi connectivity index (χ3v) is 5.79. The molecule has 3 aromatic carbocycles. The standard InChI is InChI=1S/C28H26O2/c1-20-25(27(29-19-21-17-18-21)23-13-7-3-8-14-23)26(22-11-5-2-6-12-22)28(30-20)24-15-9-4-10-16-24/h2-16,21,27H,17-19H2,1H3. The molecule has 0 amide bonds. The van der Waals surface area contributed by atoms with Gasteiger partial charge in [-0.2, -0.15) is 0 Å². The van der Waals surface area contributed by atoms with Gasteiger partial charge in [0.25, 0.3) is 0 Å². The Morgan fingerprint density at radius 3 is 1.97 bits per heavy atom. The topological polar surface area (TPSA) is 22.4 Å². The molecule has 0 bridgehead atoms. The maximum Gasteiger partial charge on any atom is 0.142 e. The van der Waals surface area contributed by atoms with Gasteiger partial charge in [-0.05, 0) is 36.8 Å². The highest BCUT2D eigenvalue weighted by atomic mass is 16.5. The second-order valence-corrected chi connectivity index (χ2v) is 8.08. The van der Waals surface area contributed by atoms with E-state index in [4.69, 9.17) is 9.15 Å². The Balaban J connectivity index is 1.70. The van der Waals surface area contributed by atoms with Crippen LogP contribution in [0.15, 0.2) is 95.4 Å². The molecule has 1 fully saturated rings. The third kappa shape index (κ3) is 3.83. The molecule has 4 aromatic rings. The molecule has 150 valence electrons. The summed E-state index contributed by atoms with van der Waals surface area (Å²) in [5.74, 6) is 2.51. The zero-order valence-corrected chi connectivity index (χ0v) is 17.3. The number of aryl methyl sites for hydroxylation is 1. The minimum atomic E-state index is -0.150. The van der Waals surface area contributed by atoms with Crippen LogP contribution in [0.4, 0.5) is 0 Å². The first-order valence-electron chi connectivity index (χ1n) is 10.7. The molecule has 1 saturated carbocycles. The van der Waals surface area contributed by atoms with Crippen LogP contribution in [0.2, 0.25) is 0 Å². The Morgan fingerprint density at radius 1 is 0.800 bits per heavy atom. The SMILES string of the molecule is Cc1oc(-c2ccccc2)c(-c2ccccc2)c1C(OCC1CC1)c1ccccc1. The van der Waals surface area contributed by atoms with Gasteiger partial charge >= 0.3 is 0 Å². The van der Waals surface area contributed by atoms with Crippen molar-refractivity contribution >= 4 is 0 Å². The molecule has 2 nitrogen and oxygen atoms in total. The van der Waals surface area contributed by atoms with Crippen LogP contribution in [-0.2, 0) is 4.74 Å². The number of ether oxygens (including phenoxy) is 1. The fraction of sp³-hybridized carbons (Fsp3) is 0.214. The number of benzene rings is 3. The van der Waals surface area contributed by atoms with E-state index >= 15 is 0 Å². The quantitative estimate of drug-likeness (QED) is 0.325. The molecular formula is C28H26O2. The van der Waals surface area contributed by atoms with E-state index < -0.39 is 0 Å². The lowest BCUT2D eigenvalue weighted by molar-refractivity contribution is 0.0712. The Labute approximate surface area is 178 Å². The summed E-state index contributed by atoms with van der Waals surface area (Å²) in [6, 6.07) is 31.4. The summed E-state index contributed by atoms with van der Waals surface area (Å²) in [4.78, 5) is 0. The highest BCUT2D eigenvalue weighted by Crippen LogP contribution is 2.45. The highest BCUT2D eigenvalue weighted by Gasteiger charge is 2.30. The Bertz CT molecular complexity index is 1090. The maximum absolute atomic E-state index is 6.57. The molecule has 1 aromatic heterocycles. The van der Waals surface area contributed by atoms with Gasteiger partial charge in [0.1, 0.15) is 17.6 Å². The Kier molecular flexibility index (Phi) is 5.25. The van der Waals surface area contributed by atoms with Crippen molar-refractivity contribution in [2.45, 2.75) is 25.9 Å². The number of hydrogen-bond donors (Lipinski definition) is 0. The van der Waals surface area contributed by atoms with E-state index in [-0.39, 0.29) is 6.10 Å². The molecule has 1 aliphatic carbocycles. The van der Waals surface area contributed by atoms with Crippen molar-refractivity contribution in [2.24, 2.45) is 5.92 Å². The minimum absolute atomic E-state index is 0.150. The van der Waals surface area contributed by atoms with Gasteiger partial charge in [0, 0.05) is 16.7 Å². The second-order valence-electron chi connectivity index (χ2n) is 8.08. The van der Waals surface area contributed by atoms with Crippen molar-refractivity contribution < 1.29 is 9.15 Å². The van der Waals surface area contributed by atoms with Crippen LogP contribution in [0.5, 0.6) is 0 Å². The van der Waals surface area contributed by atoms with Crippen LogP contribution in [-0.4, -0.2) is 6.61 Å². The zero-order valence-electron chi connectivity index (χ0n) is 17.3. The first-order chi connectivity index (χ1) is 14.8. The second kappa shape index (κ2) is 8.33. The largest absolute Gasteiger partial charge is 0.460 e. The molecule has 1 atom stereocenters. The van der Waals surface area contributed by atoms with Crippen molar-refractivity contribution in [3.05, 3.63) is 108 Å². The van der Waals surface area contributed by atoms with Crippen molar-refractivity contribution in [1.82, 2.24) is 0 Å². The van der Waals surface area contributed by atoms with E-state index in [1.807, 2.05) is 6.07 Å². The lowest BCUT2D eigenvalue weighted by Gasteiger charge is -2.20. The van der Waals surface area contributed by atoms with Crippen LogP contribution in [0.25, 0.3) is 22.5 Å². The molecule has 5 rings (SSSR count). The van der Waals surface area contributed by atoms with Crippen molar-refractivity contribution in [3.8, 4) is 22.5 Å². The van der Waals surface area contributed by atoms with Gasteiger partial charge in [0.2, 0.25) is 0 Å². The molecule has 0 radical (unpaired) electrons. The predicted molar refractivity (Wildman–Crippen MR) is 121 cm³/mol. The fourth-order valence-corrected chi connectivity index (χ4v) is 4.05. The Morgan fingerprint density at radius 2 is 1.37 bits per heavy atom. The normalized spacial score (nSPS) is 14.6. The summed E-state index contributed by atoms with van der Waals surface area (Å²) >= 11 is 0. The first-order valence-corrected chi connectivity index (χ1v) is 10.7. The molecule has 1 aliphatic rings. The van der Waals surface area contributed by atoms with E-state index in [2.05, 4.69) is 91.9 Å². The van der Waals surface area contributed by atoms with Crippen LogP contribution >= 0.6 is 0 Å². The maximum atomic E-state index is 6.57. The molecule has 30 heavy (non-hydrogen) atoms. The van der Waals surface area contributed by atoms with Crippen LogP contribution in [0.3, 0.4) is 0 Å². The third-order valence-electron chi connectivity index (χ3n) is 5.79. The van der Waals surface area contributed by atoms with Crippen LogP contribution in [0, 0.1) is 12.8 Å². The zero-order chi connectivity index (χ0) is 20.3. The monoisotopic (exact) mass is 394 g/mol. The van der Waals surface area contributed by atoms with E-state index in [1.54, 1.807) is 0 Å². The number of hydrogen-bond acceptors (Lipinski definition) is 2. The van der Waals surface area contributed by atoms with E-state index in [1.165, 1.54) is 18.4 Å². The van der Waals surface area contributed by atoms with Gasteiger partial charge in [-0.15, -0.1) is 0 Å². The van der Waals surface area contributed by atoms with Crippen molar-refractivity contribution in [3.63, 3.8) is 0 Å². The van der Waals surface area contributed by atoms with Crippen LogP contribution < -0.4 is 0 Å². The van der Waals surface area contributed by atoms with Crippen molar-refractivity contribution in [2.75, 3.05) is 6.61 Å². The molecule has 0 spiro atoms. The lowest BCUT2D eigenvalue weighted by Crippen LogP contribution is -2.10. The minimum Gasteiger partial charge on any atom is -0.460 e. The van der Waals surface area contributed by atoms with Crippen LogP contribution in [0.1, 0.15) is 35.8 Å². The van der Waals surface area contributed by atoms with Gasteiger partial charge in [-0.3, -0.25) is 0 Å². The van der Waals surface area contributed by atoms with Gasteiger partial charge in [-0.25, -0.2) is 0 Å². The summed E-state index contributed by atoms with van der Waals surface area (Å²) in [7, 11) is 0. The average molecular weight is 395 g/mol. The molecule has 2 heteroatoms. The summed E-state index contributed by atoms with van der Waals surface area (Å²) in [6.45, 7) is 2.85. The molecule has 1 unspecified atom stereocenters. The van der Waals surface area contributed by atoms with Gasteiger partial charge in [-0.1, -0.05) is 91.0 Å². The van der Waals surface area contributed by atoms with Gasteiger partial charge in [0.05, 0.1) is 6.61 Å². The number of rotatable bonds is 7. The molecule has 0 N–H and O–H groups in total. The smallest absolute Gasteiger partial charge is 0.142 e. The predicted octanol–water partition coefficient (Wildman–Crippen LogP) is 7.44. The van der Waals surface area contributed by atoms with Crippen molar-refractivity contribution in [1.29, 1.82) is 0 Å². The molecule has 1 heterocycles. The fourth-order valence-electron chi connectivity index (χ4n) is 4.05. The van der Waals surface area contributed by atoms with Gasteiger partial charge < -0.3 is 9.15 Å². The first kappa shape index (κ1) is 18.9. The average Bonchev–Trinajstić information content (AvgIpc) is 3.57. The van der Waals surface area contributed by atoms with E-state index in [0.717, 1.165) is 40.4 Å². The summed E-state index contributed by atoms with van der Waals surface area (Å²) in [5.41, 5.74) is 5.66.